The molecular formula is C16H20N2O3. The minimum atomic E-state index is -0.592. The topological polar surface area (TPSA) is 67.4 Å². The van der Waals surface area contributed by atoms with Crippen LogP contribution in [0.25, 0.3) is 0 Å². The van der Waals surface area contributed by atoms with Crippen LogP contribution in [-0.2, 0) is 14.3 Å². The largest absolute Gasteiger partial charge is 0.467 e. The zero-order chi connectivity index (χ0) is 15.1. The molecule has 0 aliphatic carbocycles. The second-order valence-electron chi connectivity index (χ2n) is 4.93. The minimum absolute atomic E-state index is 0.194. The zero-order valence-electron chi connectivity index (χ0n) is 12.0. The molecule has 2 atom stereocenters. The Morgan fingerprint density at radius 1 is 1.29 bits per heavy atom. The van der Waals surface area contributed by atoms with E-state index >= 15 is 0 Å². The lowest BCUT2D eigenvalue weighted by Gasteiger charge is -2.21. The van der Waals surface area contributed by atoms with Crippen LogP contribution in [0.4, 0.5) is 5.69 Å². The van der Waals surface area contributed by atoms with E-state index < -0.39 is 18.1 Å². The molecule has 21 heavy (non-hydrogen) atoms. The Hall–Kier alpha value is -2.30. The first-order valence-electron chi connectivity index (χ1n) is 7.05. The van der Waals surface area contributed by atoms with E-state index in [0.717, 1.165) is 12.1 Å². The Morgan fingerprint density at radius 3 is 2.76 bits per heavy atom. The Labute approximate surface area is 124 Å². The van der Waals surface area contributed by atoms with E-state index in [1.807, 2.05) is 42.5 Å². The molecule has 0 spiro atoms. The van der Waals surface area contributed by atoms with Crippen molar-refractivity contribution in [3.8, 4) is 0 Å². The molecule has 1 aromatic rings. The van der Waals surface area contributed by atoms with Crippen molar-refractivity contribution in [3.05, 3.63) is 42.5 Å². The van der Waals surface area contributed by atoms with Crippen LogP contribution >= 0.6 is 0 Å². The van der Waals surface area contributed by atoms with Crippen LogP contribution < -0.4 is 10.6 Å². The number of carbonyl (C=O) groups is 2. The molecule has 0 fully saturated rings. The van der Waals surface area contributed by atoms with Gasteiger partial charge < -0.3 is 15.4 Å². The van der Waals surface area contributed by atoms with Gasteiger partial charge in [-0.2, -0.15) is 0 Å². The number of ether oxygens (including phenoxy) is 1. The van der Waals surface area contributed by atoms with Crippen molar-refractivity contribution in [2.24, 2.45) is 0 Å². The van der Waals surface area contributed by atoms with E-state index in [0.29, 0.717) is 12.8 Å². The Kier molecular flexibility index (Phi) is 5.37. The number of allylic oxidation sites excluding steroid dienone is 1. The molecule has 0 saturated heterocycles. The number of rotatable bonds is 3. The van der Waals surface area contributed by atoms with Gasteiger partial charge in [0.1, 0.15) is 12.1 Å². The molecular weight excluding hydrogens is 268 g/mol. The number of amides is 1. The van der Waals surface area contributed by atoms with Gasteiger partial charge >= 0.3 is 5.97 Å². The van der Waals surface area contributed by atoms with Gasteiger partial charge in [-0.25, -0.2) is 4.79 Å². The number of carbonyl (C=O) groups excluding carboxylic acids is 2. The second-order valence-corrected chi connectivity index (χ2v) is 4.93. The van der Waals surface area contributed by atoms with Crippen molar-refractivity contribution in [1.82, 2.24) is 5.32 Å². The number of esters is 1. The van der Waals surface area contributed by atoms with Crippen molar-refractivity contribution in [2.45, 2.75) is 31.3 Å². The van der Waals surface area contributed by atoms with Gasteiger partial charge in [0.2, 0.25) is 5.91 Å². The summed E-state index contributed by atoms with van der Waals surface area (Å²) in [5, 5.41) is 5.95. The van der Waals surface area contributed by atoms with Gasteiger partial charge in [-0.15, -0.1) is 0 Å². The molecule has 1 heterocycles. The second kappa shape index (κ2) is 7.47. The summed E-state index contributed by atoms with van der Waals surface area (Å²) in [5.41, 5.74) is 0.875. The number of nitrogens with one attached hydrogen (secondary N) is 2. The van der Waals surface area contributed by atoms with Crippen molar-refractivity contribution >= 4 is 17.6 Å². The lowest BCUT2D eigenvalue weighted by molar-refractivity contribution is -0.145. The highest BCUT2D eigenvalue weighted by Crippen LogP contribution is 2.12. The lowest BCUT2D eigenvalue weighted by atomic mass is 10.1. The van der Waals surface area contributed by atoms with Crippen LogP contribution in [0.3, 0.4) is 0 Å². The third-order valence-corrected chi connectivity index (χ3v) is 3.39. The predicted molar refractivity (Wildman–Crippen MR) is 80.8 cm³/mol. The zero-order valence-corrected chi connectivity index (χ0v) is 12.0. The fourth-order valence-corrected chi connectivity index (χ4v) is 2.24. The lowest BCUT2D eigenvalue weighted by Crippen LogP contribution is -2.47. The quantitative estimate of drug-likeness (QED) is 0.658. The molecule has 1 aliphatic heterocycles. The van der Waals surface area contributed by atoms with Gasteiger partial charge in [0.05, 0.1) is 7.11 Å². The number of benzene rings is 1. The summed E-state index contributed by atoms with van der Waals surface area (Å²) in [5.74, 6) is -0.599. The van der Waals surface area contributed by atoms with Crippen LogP contribution in [0.1, 0.15) is 19.3 Å². The average molecular weight is 288 g/mol. The maximum atomic E-state index is 12.3. The summed E-state index contributed by atoms with van der Waals surface area (Å²) in [7, 11) is 1.33. The number of hydrogen-bond acceptors (Lipinski definition) is 4. The van der Waals surface area contributed by atoms with Crippen LogP contribution in [0.15, 0.2) is 42.5 Å². The van der Waals surface area contributed by atoms with Crippen LogP contribution in [-0.4, -0.2) is 31.1 Å². The maximum absolute atomic E-state index is 12.3. The fourth-order valence-electron chi connectivity index (χ4n) is 2.24. The minimum Gasteiger partial charge on any atom is -0.467 e. The fraction of sp³-hybridized carbons (Fsp3) is 0.375. The molecule has 1 aliphatic rings. The van der Waals surface area contributed by atoms with Gasteiger partial charge in [-0.05, 0) is 31.4 Å². The molecule has 2 rings (SSSR count). The molecule has 0 radical (unpaired) electrons. The molecule has 1 aromatic carbocycles. The smallest absolute Gasteiger partial charge is 0.328 e. The van der Waals surface area contributed by atoms with Crippen molar-refractivity contribution in [2.75, 3.05) is 12.4 Å². The summed E-state index contributed by atoms with van der Waals surface area (Å²) in [6.45, 7) is 0. The molecule has 112 valence electrons. The highest BCUT2D eigenvalue weighted by Gasteiger charge is 2.26. The maximum Gasteiger partial charge on any atom is 0.328 e. The summed E-state index contributed by atoms with van der Waals surface area (Å²) < 4.78 is 4.73. The molecule has 2 N–H and O–H groups in total. The Bertz CT molecular complexity index is 514. The molecule has 5 heteroatoms. The molecule has 1 amide bonds. The normalized spacial score (nSPS) is 24.0. The number of hydrogen-bond donors (Lipinski definition) is 2. The monoisotopic (exact) mass is 288 g/mol. The summed E-state index contributed by atoms with van der Waals surface area (Å²) in [6.07, 6.45) is 5.83. The summed E-state index contributed by atoms with van der Waals surface area (Å²) in [6, 6.07) is 8.54. The first-order chi connectivity index (χ1) is 10.2. The number of para-hydroxylation sites is 1. The third kappa shape index (κ3) is 4.34. The standard InChI is InChI=1S/C16H20N2O3/c1-21-16(20)14-11-7-3-6-10-13(15(19)18-14)17-12-8-4-2-5-9-12/h2-6,8-9,13-14,17H,7,10-11H2,1H3,(H,18,19)/b6-3-. The van der Waals surface area contributed by atoms with Gasteiger partial charge in [-0.3, -0.25) is 4.79 Å². The van der Waals surface area contributed by atoms with Crippen molar-refractivity contribution in [1.29, 1.82) is 0 Å². The molecule has 2 unspecified atom stereocenters. The Morgan fingerprint density at radius 2 is 2.05 bits per heavy atom. The Balaban J connectivity index is 2.09. The van der Waals surface area contributed by atoms with Crippen LogP contribution in [0.5, 0.6) is 0 Å². The predicted octanol–water partition coefficient (Wildman–Crippen LogP) is 1.86. The summed E-state index contributed by atoms with van der Waals surface area (Å²) >= 11 is 0. The molecule has 0 bridgehead atoms. The molecule has 0 aromatic heterocycles. The highest BCUT2D eigenvalue weighted by molar-refractivity contribution is 5.89. The van der Waals surface area contributed by atoms with Gasteiger partial charge in [0.15, 0.2) is 0 Å². The van der Waals surface area contributed by atoms with Crippen molar-refractivity contribution in [3.63, 3.8) is 0 Å². The van der Waals surface area contributed by atoms with E-state index in [-0.39, 0.29) is 5.91 Å². The van der Waals surface area contributed by atoms with Gasteiger partial charge in [0.25, 0.3) is 0 Å². The third-order valence-electron chi connectivity index (χ3n) is 3.39. The first-order valence-corrected chi connectivity index (χ1v) is 7.05. The summed E-state index contributed by atoms with van der Waals surface area (Å²) in [4.78, 5) is 24.0. The SMILES string of the molecule is COC(=O)C1CC/C=C\CC(Nc2ccccc2)C(=O)N1. The van der Waals surface area contributed by atoms with E-state index in [1.54, 1.807) is 0 Å². The molecule has 5 nitrogen and oxygen atoms in total. The van der Waals surface area contributed by atoms with E-state index in [1.165, 1.54) is 7.11 Å². The average Bonchev–Trinajstić information content (AvgIpc) is 2.60. The van der Waals surface area contributed by atoms with E-state index in [9.17, 15) is 9.59 Å². The van der Waals surface area contributed by atoms with Gasteiger partial charge in [-0.1, -0.05) is 30.4 Å². The van der Waals surface area contributed by atoms with E-state index in [4.69, 9.17) is 4.74 Å². The number of methoxy groups -OCH3 is 1. The van der Waals surface area contributed by atoms with Crippen molar-refractivity contribution < 1.29 is 14.3 Å². The van der Waals surface area contributed by atoms with Crippen LogP contribution in [0.2, 0.25) is 0 Å². The highest BCUT2D eigenvalue weighted by atomic mass is 16.5. The van der Waals surface area contributed by atoms with Crippen LogP contribution in [0, 0.1) is 0 Å². The first kappa shape index (κ1) is 15.1. The number of anilines is 1. The van der Waals surface area contributed by atoms with Gasteiger partial charge in [0, 0.05) is 5.69 Å². The van der Waals surface area contributed by atoms with E-state index in [2.05, 4.69) is 10.6 Å². The molecule has 0 saturated carbocycles.